The lowest BCUT2D eigenvalue weighted by molar-refractivity contribution is -0.274. The molecule has 4 rings (SSSR count). The molecule has 2 atom stereocenters. The fourth-order valence-corrected chi connectivity index (χ4v) is 4.42. The van der Waals surface area contributed by atoms with Crippen LogP contribution in [0.25, 0.3) is 0 Å². The molecule has 0 aliphatic carbocycles. The number of fused-ring (bicyclic) bond motifs is 1. The average Bonchev–Trinajstić information content (AvgIpc) is 2.77. The first-order valence-corrected chi connectivity index (χ1v) is 11.0. The average molecular weight is 479 g/mol. The van der Waals surface area contributed by atoms with Crippen LogP contribution in [0.1, 0.15) is 50.5 Å². The minimum atomic E-state index is -4.88. The molecule has 2 aliphatic rings. The van der Waals surface area contributed by atoms with Crippen LogP contribution < -0.4 is 25.8 Å². The minimum absolute atomic E-state index is 0.00797. The molecule has 9 nitrogen and oxygen atoms in total. The van der Waals surface area contributed by atoms with E-state index in [1.807, 2.05) is 4.90 Å². The molecule has 3 heterocycles. The first-order chi connectivity index (χ1) is 16.1. The molecule has 12 heteroatoms. The van der Waals surface area contributed by atoms with Crippen molar-refractivity contribution in [2.75, 3.05) is 22.1 Å². The summed E-state index contributed by atoms with van der Waals surface area (Å²) in [7, 11) is 0. The van der Waals surface area contributed by atoms with Crippen molar-refractivity contribution in [1.82, 2.24) is 9.97 Å². The molecule has 182 valence electrons. The number of ether oxygens (including phenoxy) is 1. The Morgan fingerprint density at radius 2 is 2.09 bits per heavy atom. The van der Waals surface area contributed by atoms with Gasteiger partial charge in [-0.1, -0.05) is 13.0 Å². The lowest BCUT2D eigenvalue weighted by Gasteiger charge is -2.36. The van der Waals surface area contributed by atoms with E-state index in [0.717, 1.165) is 37.8 Å². The molecule has 3 N–H and O–H groups in total. The highest BCUT2D eigenvalue weighted by Crippen LogP contribution is 2.32. The van der Waals surface area contributed by atoms with E-state index in [-0.39, 0.29) is 29.5 Å². The van der Waals surface area contributed by atoms with Crippen LogP contribution in [-0.4, -0.2) is 40.7 Å². The van der Waals surface area contributed by atoms with E-state index in [2.05, 4.69) is 32.3 Å². The molecule has 2 aromatic rings. The molecule has 1 aromatic carbocycles. The molecular formula is C22H24F3N5O4. The maximum absolute atomic E-state index is 13.0. The van der Waals surface area contributed by atoms with Crippen LogP contribution in [0.2, 0.25) is 0 Å². The third-order valence-corrected chi connectivity index (χ3v) is 5.96. The summed E-state index contributed by atoms with van der Waals surface area (Å²) in [5, 5.41) is 5.04. The number of nitrogens with zero attached hydrogens (tertiary/aromatic N) is 2. The lowest BCUT2D eigenvalue weighted by Crippen LogP contribution is -2.43. The van der Waals surface area contributed by atoms with Crippen LogP contribution in [0, 0.1) is 0 Å². The van der Waals surface area contributed by atoms with E-state index >= 15 is 0 Å². The second-order valence-electron chi connectivity index (χ2n) is 8.27. The second kappa shape index (κ2) is 9.35. The summed E-state index contributed by atoms with van der Waals surface area (Å²) in [6, 6.07) is 4.95. The topological polar surface area (TPSA) is 116 Å². The van der Waals surface area contributed by atoms with Gasteiger partial charge in [-0.2, -0.15) is 4.98 Å². The number of piperidine rings is 1. The Bertz CT molecular complexity index is 1150. The number of benzene rings is 1. The van der Waals surface area contributed by atoms with Crippen LogP contribution in [-0.2, 0) is 9.59 Å². The molecule has 0 spiro atoms. The van der Waals surface area contributed by atoms with Crippen LogP contribution in [0.15, 0.2) is 29.1 Å². The Labute approximate surface area is 192 Å². The number of aromatic amines is 1. The number of halogens is 3. The first kappa shape index (κ1) is 23.6. The number of aromatic nitrogens is 2. The number of hydrogen-bond acceptors (Lipinski definition) is 6. The summed E-state index contributed by atoms with van der Waals surface area (Å²) in [5.41, 5.74) is -0.511. The number of anilines is 3. The Kier molecular flexibility index (Phi) is 6.49. The van der Waals surface area contributed by atoms with Crippen LogP contribution in [0.4, 0.5) is 30.6 Å². The number of carbonyl (C=O) groups is 2. The molecular weight excluding hydrogens is 455 g/mol. The minimum Gasteiger partial charge on any atom is -0.406 e. The van der Waals surface area contributed by atoms with Crippen molar-refractivity contribution in [1.29, 1.82) is 0 Å². The Balaban J connectivity index is 1.60. The highest BCUT2D eigenvalue weighted by molar-refractivity contribution is 6.04. The SMILES string of the molecule is CC[C@H]1CCCCN1c1nc2c(c(=O)[nH]1)[C@H](C(=O)Nc1cccc(OC(F)(F)F)c1)CC(=O)N2. The van der Waals surface area contributed by atoms with Gasteiger partial charge in [0.05, 0.1) is 11.5 Å². The lowest BCUT2D eigenvalue weighted by atomic mass is 9.92. The number of H-pyrrole nitrogens is 1. The van der Waals surface area contributed by atoms with Crippen LogP contribution in [0.5, 0.6) is 5.75 Å². The van der Waals surface area contributed by atoms with Gasteiger partial charge >= 0.3 is 6.36 Å². The summed E-state index contributed by atoms with van der Waals surface area (Å²) >= 11 is 0. The van der Waals surface area contributed by atoms with Gasteiger partial charge in [0.25, 0.3) is 5.56 Å². The Morgan fingerprint density at radius 1 is 1.29 bits per heavy atom. The fraction of sp³-hybridized carbons (Fsp3) is 0.455. The second-order valence-corrected chi connectivity index (χ2v) is 8.27. The first-order valence-electron chi connectivity index (χ1n) is 11.0. The standard InChI is InChI=1S/C22H24F3N5O4/c1-2-13-7-3-4-9-30(13)21-28-18-17(20(33)29-21)15(11-16(31)27-18)19(32)26-12-6-5-8-14(10-12)34-22(23,24)25/h5-6,8,10,13,15H,2-4,7,9,11H2,1H3,(H,26,32)(H2,27,28,29,31,33)/t13-,15+/m0/s1. The predicted octanol–water partition coefficient (Wildman–Crippen LogP) is 3.50. The van der Waals surface area contributed by atoms with Crippen molar-refractivity contribution in [3.05, 3.63) is 40.2 Å². The molecule has 1 fully saturated rings. The number of hydrogen-bond donors (Lipinski definition) is 3. The van der Waals surface area contributed by atoms with E-state index in [1.165, 1.54) is 12.1 Å². The molecule has 1 saturated heterocycles. The van der Waals surface area contributed by atoms with Crippen LogP contribution >= 0.6 is 0 Å². The molecule has 34 heavy (non-hydrogen) atoms. The van der Waals surface area contributed by atoms with Gasteiger partial charge < -0.3 is 20.3 Å². The van der Waals surface area contributed by atoms with Gasteiger partial charge in [-0.15, -0.1) is 13.2 Å². The molecule has 1 aromatic heterocycles. The van der Waals surface area contributed by atoms with E-state index in [1.54, 1.807) is 0 Å². The quantitative estimate of drug-likeness (QED) is 0.605. The van der Waals surface area contributed by atoms with Gasteiger partial charge in [0, 0.05) is 30.8 Å². The van der Waals surface area contributed by atoms with E-state index in [0.29, 0.717) is 12.5 Å². The molecule has 2 aliphatic heterocycles. The van der Waals surface area contributed by atoms with Gasteiger partial charge in [0.2, 0.25) is 17.8 Å². The highest BCUT2D eigenvalue weighted by atomic mass is 19.4. The number of nitrogens with one attached hydrogen (secondary N) is 3. The van der Waals surface area contributed by atoms with Gasteiger partial charge in [0.15, 0.2) is 0 Å². The molecule has 0 saturated carbocycles. The summed E-state index contributed by atoms with van der Waals surface area (Å²) in [6.45, 7) is 2.77. The molecule has 0 radical (unpaired) electrons. The summed E-state index contributed by atoms with van der Waals surface area (Å²) in [5.74, 6) is -2.52. The van der Waals surface area contributed by atoms with E-state index in [9.17, 15) is 27.6 Å². The molecule has 0 unspecified atom stereocenters. The maximum Gasteiger partial charge on any atom is 0.573 e. The summed E-state index contributed by atoms with van der Waals surface area (Å²) in [6.07, 6.45) is -1.32. The monoisotopic (exact) mass is 479 g/mol. The van der Waals surface area contributed by atoms with E-state index < -0.39 is 35.4 Å². The van der Waals surface area contributed by atoms with Crippen molar-refractivity contribution < 1.29 is 27.5 Å². The zero-order valence-electron chi connectivity index (χ0n) is 18.4. The van der Waals surface area contributed by atoms with Crippen molar-refractivity contribution in [3.8, 4) is 5.75 Å². The van der Waals surface area contributed by atoms with Gasteiger partial charge in [0.1, 0.15) is 11.6 Å². The number of alkyl halides is 3. The Hall–Kier alpha value is -3.57. The largest absolute Gasteiger partial charge is 0.573 e. The Morgan fingerprint density at radius 3 is 2.82 bits per heavy atom. The third-order valence-electron chi connectivity index (χ3n) is 5.96. The highest BCUT2D eigenvalue weighted by Gasteiger charge is 2.36. The smallest absolute Gasteiger partial charge is 0.406 e. The predicted molar refractivity (Wildman–Crippen MR) is 118 cm³/mol. The van der Waals surface area contributed by atoms with Crippen LogP contribution in [0.3, 0.4) is 0 Å². The number of carbonyl (C=O) groups excluding carboxylic acids is 2. The maximum atomic E-state index is 13.0. The van der Waals surface area contributed by atoms with Crippen molar-refractivity contribution in [3.63, 3.8) is 0 Å². The number of amides is 2. The van der Waals surface area contributed by atoms with Gasteiger partial charge in [-0.05, 0) is 37.8 Å². The molecule has 0 bridgehead atoms. The normalized spacial score (nSPS) is 20.4. The van der Waals surface area contributed by atoms with Crippen molar-refractivity contribution >= 4 is 29.3 Å². The van der Waals surface area contributed by atoms with Gasteiger partial charge in [-0.25, -0.2) is 0 Å². The van der Waals surface area contributed by atoms with Crippen molar-refractivity contribution in [2.24, 2.45) is 0 Å². The zero-order chi connectivity index (χ0) is 24.5. The zero-order valence-corrected chi connectivity index (χ0v) is 18.4. The number of rotatable bonds is 5. The molecule has 2 amide bonds. The van der Waals surface area contributed by atoms with Gasteiger partial charge in [-0.3, -0.25) is 19.4 Å². The third kappa shape index (κ3) is 5.15. The fourth-order valence-electron chi connectivity index (χ4n) is 4.42. The van der Waals surface area contributed by atoms with E-state index in [4.69, 9.17) is 0 Å². The van der Waals surface area contributed by atoms with Crippen molar-refractivity contribution in [2.45, 2.75) is 57.3 Å². The summed E-state index contributed by atoms with van der Waals surface area (Å²) in [4.78, 5) is 47.5. The summed E-state index contributed by atoms with van der Waals surface area (Å²) < 4.78 is 41.3.